The van der Waals surface area contributed by atoms with Gasteiger partial charge in [0.25, 0.3) is 15.2 Å². The molecule has 2 heterocycles. The molecule has 0 aliphatic carbocycles. The van der Waals surface area contributed by atoms with E-state index in [4.69, 9.17) is 0 Å². The summed E-state index contributed by atoms with van der Waals surface area (Å²) in [6.07, 6.45) is -3.40. The Kier molecular flexibility index (Phi) is 3.88. The highest BCUT2D eigenvalue weighted by Crippen LogP contribution is 2.30. The summed E-state index contributed by atoms with van der Waals surface area (Å²) in [7, 11) is -4.39. The summed E-state index contributed by atoms with van der Waals surface area (Å²) < 4.78 is 63.2. The molecule has 23 heavy (non-hydrogen) atoms. The first kappa shape index (κ1) is 15.9. The van der Waals surface area contributed by atoms with Crippen molar-refractivity contribution in [2.75, 3.05) is 6.54 Å². The number of hydrogen-bond donors (Lipinski definition) is 1. The van der Waals surface area contributed by atoms with E-state index in [0.29, 0.717) is 12.2 Å². The van der Waals surface area contributed by atoms with Crippen LogP contribution in [-0.2, 0) is 16.4 Å². The van der Waals surface area contributed by atoms with E-state index in [9.17, 15) is 21.6 Å². The molecule has 1 aliphatic heterocycles. The lowest BCUT2D eigenvalue weighted by atomic mass is 10.1. The molecule has 3 rings (SSSR count). The van der Waals surface area contributed by atoms with Crippen molar-refractivity contribution in [2.45, 2.75) is 30.2 Å². The van der Waals surface area contributed by atoms with E-state index >= 15 is 0 Å². The van der Waals surface area contributed by atoms with Crippen LogP contribution >= 0.6 is 0 Å². The van der Waals surface area contributed by atoms with Gasteiger partial charge in [-0.1, -0.05) is 30.3 Å². The van der Waals surface area contributed by atoms with E-state index in [1.807, 2.05) is 30.3 Å². The maximum atomic E-state index is 12.2. The highest BCUT2D eigenvalue weighted by Gasteiger charge is 2.34. The van der Waals surface area contributed by atoms with Crippen molar-refractivity contribution in [1.82, 2.24) is 19.5 Å². The molecule has 10 heteroatoms. The van der Waals surface area contributed by atoms with Gasteiger partial charge in [0.2, 0.25) is 0 Å². The molecule has 1 N–H and O–H groups in total. The van der Waals surface area contributed by atoms with Crippen molar-refractivity contribution in [1.29, 1.82) is 0 Å². The molecule has 1 aromatic carbocycles. The fraction of sp³-hybridized carbons (Fsp3) is 0.385. The summed E-state index contributed by atoms with van der Waals surface area (Å²) in [4.78, 5) is 3.87. The van der Waals surface area contributed by atoms with Gasteiger partial charge in [0.05, 0.1) is 6.04 Å². The fourth-order valence-electron chi connectivity index (χ4n) is 2.48. The molecule has 1 atom stereocenters. The van der Waals surface area contributed by atoms with Crippen LogP contribution in [0.25, 0.3) is 0 Å². The number of alkyl halides is 3. The molecule has 0 bridgehead atoms. The summed E-state index contributed by atoms with van der Waals surface area (Å²) >= 11 is 0. The minimum atomic E-state index is -4.64. The van der Waals surface area contributed by atoms with Crippen LogP contribution in [0.1, 0.15) is 23.9 Å². The number of nitrogens with zero attached hydrogens (tertiary/aromatic N) is 3. The monoisotopic (exact) mass is 346 g/mol. The molecular formula is C13H13F3N4O2S. The zero-order valence-electron chi connectivity index (χ0n) is 11.8. The van der Waals surface area contributed by atoms with Gasteiger partial charge in [0.1, 0.15) is 12.4 Å². The summed E-state index contributed by atoms with van der Waals surface area (Å²) in [6.45, 7) is -1.65. The van der Waals surface area contributed by atoms with Crippen LogP contribution in [0.15, 0.2) is 35.5 Å². The van der Waals surface area contributed by atoms with Crippen molar-refractivity contribution in [2.24, 2.45) is 0 Å². The number of benzene rings is 1. The van der Waals surface area contributed by atoms with Gasteiger partial charge in [-0.25, -0.2) is 18.1 Å². The summed E-state index contributed by atoms with van der Waals surface area (Å²) in [5.41, 5.74) is 0.948. The van der Waals surface area contributed by atoms with Crippen LogP contribution < -0.4 is 4.72 Å². The van der Waals surface area contributed by atoms with Gasteiger partial charge in [-0.3, -0.25) is 0 Å². The Morgan fingerprint density at radius 3 is 2.61 bits per heavy atom. The molecule has 124 valence electrons. The lowest BCUT2D eigenvalue weighted by molar-refractivity contribution is -0.121. The van der Waals surface area contributed by atoms with Crippen LogP contribution in [0.4, 0.5) is 13.2 Å². The molecule has 2 aromatic rings. The van der Waals surface area contributed by atoms with Crippen molar-refractivity contribution in [3.8, 4) is 0 Å². The molecule has 0 fully saturated rings. The number of fused-ring (bicyclic) bond motifs is 1. The third kappa shape index (κ3) is 3.37. The van der Waals surface area contributed by atoms with E-state index in [2.05, 4.69) is 10.1 Å². The largest absolute Gasteiger partial charge is 0.402 e. The second-order valence-corrected chi connectivity index (χ2v) is 6.82. The predicted octanol–water partition coefficient (Wildman–Crippen LogP) is 1.65. The van der Waals surface area contributed by atoms with Crippen LogP contribution in [0.2, 0.25) is 0 Å². The average molecular weight is 346 g/mol. The first-order valence-corrected chi connectivity index (χ1v) is 8.31. The van der Waals surface area contributed by atoms with Crippen LogP contribution in [0, 0.1) is 0 Å². The average Bonchev–Trinajstić information content (AvgIpc) is 3.06. The standard InChI is InChI=1S/C13H13F3N4O2S/c14-13(15,16)8-17-23(21,22)12-18-11-7-6-10(20(11)19-12)9-4-2-1-3-5-9/h1-5,10,17H,6-8H2. The van der Waals surface area contributed by atoms with Crippen molar-refractivity contribution < 1.29 is 21.6 Å². The van der Waals surface area contributed by atoms with Crippen LogP contribution in [0.5, 0.6) is 0 Å². The van der Waals surface area contributed by atoms with Crippen LogP contribution in [0.3, 0.4) is 0 Å². The number of aromatic nitrogens is 3. The first-order valence-electron chi connectivity index (χ1n) is 6.83. The SMILES string of the molecule is O=S(=O)(NCC(F)(F)F)c1nc2n(n1)C(c1ccccc1)CC2. The van der Waals surface area contributed by atoms with E-state index < -0.39 is 27.9 Å². The Morgan fingerprint density at radius 1 is 1.26 bits per heavy atom. The second kappa shape index (κ2) is 5.60. The maximum absolute atomic E-state index is 12.2. The van der Waals surface area contributed by atoms with Crippen molar-refractivity contribution in [3.05, 3.63) is 41.7 Å². The molecule has 0 saturated heterocycles. The minimum absolute atomic E-state index is 0.162. The number of hydrogen-bond acceptors (Lipinski definition) is 4. The van der Waals surface area contributed by atoms with E-state index in [1.165, 1.54) is 9.40 Å². The van der Waals surface area contributed by atoms with E-state index in [0.717, 1.165) is 12.0 Å². The Bertz CT molecular complexity index is 802. The highest BCUT2D eigenvalue weighted by molar-refractivity contribution is 7.89. The highest BCUT2D eigenvalue weighted by atomic mass is 32.2. The molecule has 0 saturated carbocycles. The third-order valence-electron chi connectivity index (χ3n) is 3.51. The molecule has 6 nitrogen and oxygen atoms in total. The van der Waals surface area contributed by atoms with Gasteiger partial charge in [0.15, 0.2) is 0 Å². The minimum Gasteiger partial charge on any atom is -0.241 e. The van der Waals surface area contributed by atoms with Gasteiger partial charge in [-0.15, -0.1) is 5.10 Å². The van der Waals surface area contributed by atoms with Crippen LogP contribution in [-0.4, -0.2) is 35.9 Å². The lowest BCUT2D eigenvalue weighted by Crippen LogP contribution is -2.34. The topological polar surface area (TPSA) is 76.9 Å². The number of halogens is 3. The predicted molar refractivity (Wildman–Crippen MR) is 74.2 cm³/mol. The van der Waals surface area contributed by atoms with Gasteiger partial charge >= 0.3 is 6.18 Å². The zero-order valence-corrected chi connectivity index (χ0v) is 12.6. The number of sulfonamides is 1. The molecule has 0 amide bonds. The first-order chi connectivity index (χ1) is 10.8. The van der Waals surface area contributed by atoms with Crippen molar-refractivity contribution >= 4 is 10.0 Å². The Balaban J connectivity index is 1.86. The molecule has 0 spiro atoms. The van der Waals surface area contributed by atoms with Crippen molar-refractivity contribution in [3.63, 3.8) is 0 Å². The Labute approximate surface area is 130 Å². The van der Waals surface area contributed by atoms with Gasteiger partial charge in [0, 0.05) is 6.42 Å². The smallest absolute Gasteiger partial charge is 0.241 e. The van der Waals surface area contributed by atoms with E-state index in [-0.39, 0.29) is 6.04 Å². The number of nitrogens with one attached hydrogen (secondary N) is 1. The van der Waals surface area contributed by atoms with Gasteiger partial charge in [-0.05, 0) is 12.0 Å². The van der Waals surface area contributed by atoms with Gasteiger partial charge in [-0.2, -0.15) is 17.9 Å². The summed E-state index contributed by atoms with van der Waals surface area (Å²) in [5.74, 6) is 0.450. The zero-order chi connectivity index (χ0) is 16.7. The quantitative estimate of drug-likeness (QED) is 0.913. The van der Waals surface area contributed by atoms with Gasteiger partial charge < -0.3 is 0 Å². The molecular weight excluding hydrogens is 333 g/mol. The number of aryl methyl sites for hydroxylation is 1. The summed E-state index contributed by atoms with van der Waals surface area (Å²) in [6, 6.07) is 9.18. The second-order valence-electron chi connectivity index (χ2n) is 5.16. The molecule has 1 unspecified atom stereocenters. The normalized spacial score (nSPS) is 18.1. The third-order valence-corrected chi connectivity index (χ3v) is 4.68. The fourth-order valence-corrected chi connectivity index (χ4v) is 3.38. The molecule has 1 aromatic heterocycles. The van der Waals surface area contributed by atoms with E-state index in [1.54, 1.807) is 0 Å². The Morgan fingerprint density at radius 2 is 1.96 bits per heavy atom. The Hall–Kier alpha value is -1.94. The molecule has 1 aliphatic rings. The summed E-state index contributed by atoms with van der Waals surface area (Å²) in [5, 5.41) is 3.28. The molecule has 0 radical (unpaired) electrons. The number of rotatable bonds is 4. The maximum Gasteiger partial charge on any atom is 0.402 e. The lowest BCUT2D eigenvalue weighted by Gasteiger charge is -2.11.